The fraction of sp³-hybridized carbons (Fsp3) is 0.333. The van der Waals surface area contributed by atoms with Crippen LogP contribution in [0.4, 0.5) is 0 Å². The Labute approximate surface area is 169 Å². The molecule has 0 spiro atoms. The van der Waals surface area contributed by atoms with E-state index in [2.05, 4.69) is 17.0 Å². The van der Waals surface area contributed by atoms with Gasteiger partial charge in [-0.3, -0.25) is 0 Å². The van der Waals surface area contributed by atoms with E-state index in [0.29, 0.717) is 10.0 Å². The quantitative estimate of drug-likeness (QED) is 0.554. The lowest BCUT2D eigenvalue weighted by Crippen LogP contribution is -2.21. The molecule has 0 aliphatic carbocycles. The molecule has 1 saturated heterocycles. The first-order valence-electron chi connectivity index (χ1n) is 9.39. The van der Waals surface area contributed by atoms with Crippen molar-refractivity contribution >= 4 is 23.2 Å². The third-order valence-corrected chi connectivity index (χ3v) is 5.67. The fourth-order valence-electron chi connectivity index (χ4n) is 3.52. The molecule has 1 aliphatic rings. The lowest BCUT2D eigenvalue weighted by Gasteiger charge is -2.13. The summed E-state index contributed by atoms with van der Waals surface area (Å²) in [6.07, 6.45) is 3.68. The molecule has 0 bridgehead atoms. The molecule has 1 aliphatic heterocycles. The lowest BCUT2D eigenvalue weighted by molar-refractivity contribution is 0.317. The van der Waals surface area contributed by atoms with Gasteiger partial charge in [-0.05, 0) is 51.0 Å². The minimum Gasteiger partial charge on any atom is -0.303 e. The van der Waals surface area contributed by atoms with Crippen LogP contribution in [0.5, 0.6) is 0 Å². The molecule has 1 aromatic heterocycles. The summed E-state index contributed by atoms with van der Waals surface area (Å²) in [6, 6.07) is 15.7. The predicted octanol–water partition coefficient (Wildman–Crippen LogP) is 5.40. The summed E-state index contributed by atoms with van der Waals surface area (Å²) >= 11 is 12.3. The molecule has 4 nitrogen and oxygen atoms in total. The molecule has 140 valence electrons. The van der Waals surface area contributed by atoms with E-state index in [1.807, 2.05) is 35.1 Å². The van der Waals surface area contributed by atoms with E-state index < -0.39 is 0 Å². The second-order valence-electron chi connectivity index (χ2n) is 6.89. The van der Waals surface area contributed by atoms with Crippen LogP contribution in [-0.2, 0) is 6.54 Å². The number of halogens is 2. The maximum atomic E-state index is 6.23. The summed E-state index contributed by atoms with van der Waals surface area (Å²) in [6.45, 7) is 4.34. The zero-order valence-electron chi connectivity index (χ0n) is 15.1. The molecular weight excluding hydrogens is 379 g/mol. The normalized spacial score (nSPS) is 14.7. The second-order valence-corrected chi connectivity index (χ2v) is 7.70. The van der Waals surface area contributed by atoms with E-state index >= 15 is 0 Å². The topological polar surface area (TPSA) is 34.0 Å². The predicted molar refractivity (Wildman–Crippen MR) is 111 cm³/mol. The van der Waals surface area contributed by atoms with Crippen molar-refractivity contribution in [1.82, 2.24) is 19.9 Å². The van der Waals surface area contributed by atoms with Gasteiger partial charge in [-0.15, -0.1) is 0 Å². The van der Waals surface area contributed by atoms with Gasteiger partial charge in [0.05, 0.1) is 16.6 Å². The van der Waals surface area contributed by atoms with Gasteiger partial charge in [0.2, 0.25) is 0 Å². The van der Waals surface area contributed by atoms with E-state index in [1.54, 1.807) is 6.07 Å². The highest BCUT2D eigenvalue weighted by Crippen LogP contribution is 2.32. The Balaban J connectivity index is 1.61. The standard InChI is InChI=1S/C21H22Cl2N4/c22-18-10-9-17(15-19(18)23)21-20(16-7-2-1-3-8-16)24-27(25-21)14-6-13-26-11-4-5-12-26/h1-3,7-10,15H,4-6,11-14H2. The van der Waals surface area contributed by atoms with Crippen LogP contribution in [-0.4, -0.2) is 39.5 Å². The van der Waals surface area contributed by atoms with Crippen LogP contribution in [0, 0.1) is 0 Å². The monoisotopic (exact) mass is 400 g/mol. The van der Waals surface area contributed by atoms with Crippen molar-refractivity contribution in [3.63, 3.8) is 0 Å². The highest BCUT2D eigenvalue weighted by molar-refractivity contribution is 6.42. The largest absolute Gasteiger partial charge is 0.303 e. The molecule has 2 aromatic carbocycles. The molecule has 6 heteroatoms. The first-order chi connectivity index (χ1) is 13.2. The summed E-state index contributed by atoms with van der Waals surface area (Å²) < 4.78 is 0. The Morgan fingerprint density at radius 2 is 1.48 bits per heavy atom. The Kier molecular flexibility index (Phi) is 5.77. The van der Waals surface area contributed by atoms with Gasteiger partial charge in [0, 0.05) is 11.1 Å². The molecule has 27 heavy (non-hydrogen) atoms. The van der Waals surface area contributed by atoms with Crippen LogP contribution in [0.1, 0.15) is 19.3 Å². The van der Waals surface area contributed by atoms with Gasteiger partial charge in [-0.25, -0.2) is 0 Å². The van der Waals surface area contributed by atoms with Crippen molar-refractivity contribution in [3.8, 4) is 22.5 Å². The number of nitrogens with zero attached hydrogens (tertiary/aromatic N) is 4. The SMILES string of the molecule is Clc1ccc(-c2nn(CCCN3CCCC3)nc2-c2ccccc2)cc1Cl. The zero-order valence-corrected chi connectivity index (χ0v) is 16.6. The summed E-state index contributed by atoms with van der Waals surface area (Å²) in [5.41, 5.74) is 3.68. The Bertz CT molecular complexity index is 902. The van der Waals surface area contributed by atoms with Gasteiger partial charge in [-0.1, -0.05) is 59.6 Å². The van der Waals surface area contributed by atoms with Gasteiger partial charge in [0.25, 0.3) is 0 Å². The molecule has 3 aromatic rings. The van der Waals surface area contributed by atoms with E-state index in [0.717, 1.165) is 42.0 Å². The number of aryl methyl sites for hydroxylation is 1. The van der Waals surface area contributed by atoms with Gasteiger partial charge < -0.3 is 4.90 Å². The Hall–Kier alpha value is -1.88. The fourth-order valence-corrected chi connectivity index (χ4v) is 3.82. The minimum atomic E-state index is 0.525. The third-order valence-electron chi connectivity index (χ3n) is 4.93. The highest BCUT2D eigenvalue weighted by atomic mass is 35.5. The molecule has 0 amide bonds. The van der Waals surface area contributed by atoms with Gasteiger partial charge in [0.15, 0.2) is 0 Å². The molecule has 0 radical (unpaired) electrons. The lowest BCUT2D eigenvalue weighted by atomic mass is 10.1. The van der Waals surface area contributed by atoms with Crippen LogP contribution in [0.3, 0.4) is 0 Å². The summed E-state index contributed by atoms with van der Waals surface area (Å²) in [5.74, 6) is 0. The van der Waals surface area contributed by atoms with Crippen molar-refractivity contribution in [3.05, 3.63) is 58.6 Å². The zero-order chi connectivity index (χ0) is 18.6. The van der Waals surface area contributed by atoms with Crippen molar-refractivity contribution in [2.45, 2.75) is 25.8 Å². The van der Waals surface area contributed by atoms with Crippen LogP contribution in [0.15, 0.2) is 48.5 Å². The number of benzene rings is 2. The van der Waals surface area contributed by atoms with Crippen LogP contribution in [0.2, 0.25) is 10.0 Å². The maximum Gasteiger partial charge on any atom is 0.121 e. The molecule has 4 rings (SSSR count). The minimum absolute atomic E-state index is 0.525. The second kappa shape index (κ2) is 8.42. The van der Waals surface area contributed by atoms with Crippen molar-refractivity contribution in [2.75, 3.05) is 19.6 Å². The first kappa shape index (κ1) is 18.5. The summed E-state index contributed by atoms with van der Waals surface area (Å²) in [7, 11) is 0. The van der Waals surface area contributed by atoms with E-state index in [9.17, 15) is 0 Å². The highest BCUT2D eigenvalue weighted by Gasteiger charge is 2.17. The number of likely N-dealkylation sites (tertiary alicyclic amines) is 1. The van der Waals surface area contributed by atoms with Gasteiger partial charge in [0.1, 0.15) is 11.4 Å². The van der Waals surface area contributed by atoms with Gasteiger partial charge >= 0.3 is 0 Å². The van der Waals surface area contributed by atoms with Gasteiger partial charge in [-0.2, -0.15) is 15.0 Å². The molecule has 0 N–H and O–H groups in total. The van der Waals surface area contributed by atoms with Crippen LogP contribution in [0.25, 0.3) is 22.5 Å². The van der Waals surface area contributed by atoms with E-state index in [4.69, 9.17) is 33.4 Å². The van der Waals surface area contributed by atoms with E-state index in [1.165, 1.54) is 25.9 Å². The average Bonchev–Trinajstić information content (AvgIpc) is 3.35. The van der Waals surface area contributed by atoms with E-state index in [-0.39, 0.29) is 0 Å². The number of rotatable bonds is 6. The Morgan fingerprint density at radius 3 is 2.19 bits per heavy atom. The average molecular weight is 401 g/mol. The van der Waals surface area contributed by atoms with Crippen molar-refractivity contribution in [2.24, 2.45) is 0 Å². The van der Waals surface area contributed by atoms with Crippen LogP contribution < -0.4 is 0 Å². The smallest absolute Gasteiger partial charge is 0.121 e. The molecular formula is C21H22Cl2N4. The molecule has 0 saturated carbocycles. The Morgan fingerprint density at radius 1 is 0.778 bits per heavy atom. The molecule has 2 heterocycles. The number of aromatic nitrogens is 3. The summed E-state index contributed by atoms with van der Waals surface area (Å²) in [4.78, 5) is 4.33. The molecule has 1 fully saturated rings. The molecule has 0 unspecified atom stereocenters. The maximum absolute atomic E-state index is 6.23. The molecule has 0 atom stereocenters. The number of hydrogen-bond donors (Lipinski definition) is 0. The van der Waals surface area contributed by atoms with Crippen LogP contribution >= 0.6 is 23.2 Å². The third kappa shape index (κ3) is 4.34. The summed E-state index contributed by atoms with van der Waals surface area (Å²) in [5, 5.41) is 10.6. The number of hydrogen-bond acceptors (Lipinski definition) is 3. The van der Waals surface area contributed by atoms with Crippen molar-refractivity contribution < 1.29 is 0 Å². The van der Waals surface area contributed by atoms with Crippen molar-refractivity contribution in [1.29, 1.82) is 0 Å². The first-order valence-corrected chi connectivity index (χ1v) is 10.1.